The molecule has 2 aromatic heterocycles. The molecule has 0 spiro atoms. The number of hydrogen-bond acceptors (Lipinski definition) is 4. The summed E-state index contributed by atoms with van der Waals surface area (Å²) in [6, 6.07) is 0. The molecule has 45 heavy (non-hydrogen) atoms. The van der Waals surface area contributed by atoms with Crippen molar-refractivity contribution in [2.24, 2.45) is 0 Å². The minimum Gasteiger partial charge on any atom is -0.481 e. The van der Waals surface area contributed by atoms with Crippen LogP contribution in [0.1, 0.15) is 71.7 Å². The van der Waals surface area contributed by atoms with Crippen molar-refractivity contribution in [1.82, 2.24) is 20.6 Å². The Kier molecular flexibility index (Phi) is 13.5. The van der Waals surface area contributed by atoms with E-state index in [2.05, 4.69) is 33.8 Å². The van der Waals surface area contributed by atoms with Crippen LogP contribution in [0.15, 0.2) is 59.0 Å². The van der Waals surface area contributed by atoms with Crippen LogP contribution in [0.5, 0.6) is 0 Å². The van der Waals surface area contributed by atoms with Gasteiger partial charge in [-0.1, -0.05) is 25.3 Å². The number of nitrogens with one attached hydrogen (secondary N) is 4. The molecule has 0 saturated carbocycles. The molecule has 4 rings (SSSR count). The second kappa shape index (κ2) is 15.9. The van der Waals surface area contributed by atoms with Gasteiger partial charge < -0.3 is 30.8 Å². The zero-order chi connectivity index (χ0) is 31.6. The third-order valence-electron chi connectivity index (χ3n) is 8.11. The third kappa shape index (κ3) is 8.19. The molecule has 2 amide bonds. The van der Waals surface area contributed by atoms with Gasteiger partial charge in [0.15, 0.2) is 0 Å². The Morgan fingerprint density at radius 3 is 1.56 bits per heavy atom. The van der Waals surface area contributed by atoms with Crippen LogP contribution in [0.2, 0.25) is 0 Å². The van der Waals surface area contributed by atoms with Crippen molar-refractivity contribution in [3.8, 4) is 0 Å². The maximum Gasteiger partial charge on any atom is 0.303 e. The Balaban J connectivity index is 0.00000353. The first-order valence-electron chi connectivity index (χ1n) is 13.9. The summed E-state index contributed by atoms with van der Waals surface area (Å²) in [5.74, 6) is -2.28. The minimum absolute atomic E-state index is 0. The number of H-pyrrole nitrogens is 2. The van der Waals surface area contributed by atoms with E-state index in [0.717, 1.165) is 50.6 Å². The molecule has 0 aromatic carbocycles. The molecule has 10 nitrogen and oxygen atoms in total. The van der Waals surface area contributed by atoms with E-state index in [1.54, 1.807) is 13.0 Å². The smallest absolute Gasteiger partial charge is 0.303 e. The van der Waals surface area contributed by atoms with E-state index in [4.69, 9.17) is 0 Å². The number of carboxylic acid groups (broad SMARTS) is 2. The molecule has 2 radical (unpaired) electrons. The Hall–Kier alpha value is -3.12. The quantitative estimate of drug-likeness (QED) is 0.196. The number of rotatable bonds is 12. The number of carboxylic acids is 2. The fraction of sp³-hybridized carbons (Fsp3) is 0.273. The van der Waals surface area contributed by atoms with Crippen molar-refractivity contribution in [1.29, 1.82) is 0 Å². The van der Waals surface area contributed by atoms with E-state index in [1.807, 2.05) is 32.9 Å². The summed E-state index contributed by atoms with van der Waals surface area (Å²) < 4.78 is 0. The van der Waals surface area contributed by atoms with Crippen LogP contribution in [0.25, 0.3) is 12.2 Å². The number of aliphatic carboxylic acids is 2. The molecule has 0 fully saturated rings. The number of carbonyl (C=O) groups is 4. The van der Waals surface area contributed by atoms with Crippen molar-refractivity contribution in [2.45, 2.75) is 59.8 Å². The van der Waals surface area contributed by atoms with E-state index < -0.39 is 11.9 Å². The maximum atomic E-state index is 12.3. The number of aromatic amines is 2. The van der Waals surface area contributed by atoms with Gasteiger partial charge in [0.2, 0.25) is 0 Å². The molecule has 0 atom stereocenters. The molecule has 0 saturated heterocycles. The first-order chi connectivity index (χ1) is 20.4. The van der Waals surface area contributed by atoms with Gasteiger partial charge in [0.25, 0.3) is 11.8 Å². The summed E-state index contributed by atoms with van der Waals surface area (Å²) in [6.07, 6.45) is 7.58. The van der Waals surface area contributed by atoms with Crippen molar-refractivity contribution in [3.63, 3.8) is 0 Å². The summed E-state index contributed by atoms with van der Waals surface area (Å²) in [5, 5.41) is 24.6. The predicted molar refractivity (Wildman–Crippen MR) is 175 cm³/mol. The van der Waals surface area contributed by atoms with Gasteiger partial charge >= 0.3 is 11.9 Å². The number of carbonyl (C=O) groups excluding carboxylic acids is 2. The van der Waals surface area contributed by atoms with E-state index in [9.17, 15) is 29.4 Å². The molecule has 0 unspecified atom stereocenters. The van der Waals surface area contributed by atoms with Crippen molar-refractivity contribution in [2.75, 3.05) is 0 Å². The molecule has 0 aliphatic carbocycles. The topological polar surface area (TPSA) is 164 Å². The standard InChI is InChI=1S/C33H36N4O6.2Na/c1-7-20-19(6)32(42)37-27(20)14-25-18(5)23(10-12-31(40)41)29(35-25)15-28-22(9-11-30(38)39)17(4)24(34-28)13-26-16(3)21(8-2)33(43)36-26;;/h7-8,13-14,34-35H,1-2,9-12,15H2,3-6H3,(H,36,43)(H,37,42)(H,38,39)(H,40,41);;/b26-13-,27-14-;;. The molecule has 12 heteroatoms. The van der Waals surface area contributed by atoms with E-state index in [1.165, 1.54) is 6.08 Å². The van der Waals surface area contributed by atoms with Gasteiger partial charge in [0, 0.05) is 124 Å². The van der Waals surface area contributed by atoms with E-state index in [0.29, 0.717) is 34.5 Å². The summed E-state index contributed by atoms with van der Waals surface area (Å²) in [7, 11) is 0. The normalized spacial score (nSPS) is 16.1. The molecule has 2 aromatic rings. The average molecular weight is 631 g/mol. The largest absolute Gasteiger partial charge is 0.481 e. The molecular weight excluding hydrogens is 594 g/mol. The van der Waals surface area contributed by atoms with Gasteiger partial charge in [0.05, 0.1) is 5.70 Å². The fourth-order valence-corrected chi connectivity index (χ4v) is 5.61. The van der Waals surface area contributed by atoms with Crippen molar-refractivity contribution < 1.29 is 29.4 Å². The molecular formula is C33H36N4Na2O6. The second-order valence-electron chi connectivity index (χ2n) is 10.7. The van der Waals surface area contributed by atoms with Crippen LogP contribution in [0.4, 0.5) is 0 Å². The molecule has 4 heterocycles. The number of amides is 2. The minimum atomic E-state index is -0.922. The maximum absolute atomic E-state index is 12.3. The first-order valence-corrected chi connectivity index (χ1v) is 13.9. The van der Waals surface area contributed by atoms with Crippen LogP contribution in [0, 0.1) is 13.8 Å². The van der Waals surface area contributed by atoms with Crippen LogP contribution in [-0.2, 0) is 38.4 Å². The Labute approximate surface area is 306 Å². The van der Waals surface area contributed by atoms with Gasteiger partial charge in [-0.2, -0.15) is 0 Å². The summed E-state index contributed by atoms with van der Waals surface area (Å²) in [5.41, 5.74) is 10.2. The van der Waals surface area contributed by atoms with Gasteiger partial charge in [-0.25, -0.2) is 0 Å². The summed E-state index contributed by atoms with van der Waals surface area (Å²) >= 11 is 0. The molecule has 6 N–H and O–H groups in total. The van der Waals surface area contributed by atoms with Crippen LogP contribution >= 0.6 is 0 Å². The Morgan fingerprint density at radius 1 is 0.689 bits per heavy atom. The Morgan fingerprint density at radius 2 is 1.13 bits per heavy atom. The third-order valence-corrected chi connectivity index (χ3v) is 8.11. The number of hydrogen-bond donors (Lipinski definition) is 6. The summed E-state index contributed by atoms with van der Waals surface area (Å²) in [4.78, 5) is 54.5. The SMILES string of the molecule is C=CC1=C(C)/C(=C/c2[nH]c(Cc3[nH]c(/C=C4\NC(=O)C(C)=C4C=C)c(C)c3CCC(=O)O)c(CCC(=O)O)c2C)NC1=O.[Na].[Na]. The number of allylic oxidation sites excluding steroid dienone is 2. The second-order valence-corrected chi connectivity index (χ2v) is 10.7. The molecule has 226 valence electrons. The predicted octanol–water partition coefficient (Wildman–Crippen LogP) is 3.77. The molecule has 2 aliphatic heterocycles. The van der Waals surface area contributed by atoms with Gasteiger partial charge in [0.1, 0.15) is 0 Å². The van der Waals surface area contributed by atoms with Crippen LogP contribution < -0.4 is 10.6 Å². The number of aromatic nitrogens is 2. The van der Waals surface area contributed by atoms with Gasteiger partial charge in [-0.15, -0.1) is 0 Å². The zero-order valence-electron chi connectivity index (χ0n) is 26.8. The zero-order valence-corrected chi connectivity index (χ0v) is 30.8. The van der Waals surface area contributed by atoms with Gasteiger partial charge in [-0.05, 0) is 80.5 Å². The van der Waals surface area contributed by atoms with E-state index in [-0.39, 0.29) is 96.6 Å². The molecule has 2 aliphatic rings. The van der Waals surface area contributed by atoms with Crippen LogP contribution in [-0.4, -0.2) is 103 Å². The summed E-state index contributed by atoms with van der Waals surface area (Å²) in [6.45, 7) is 14.9. The van der Waals surface area contributed by atoms with Gasteiger partial charge in [-0.3, -0.25) is 19.2 Å². The first kappa shape index (κ1) is 38.1. The fourth-order valence-electron chi connectivity index (χ4n) is 5.61. The average Bonchev–Trinajstić information content (AvgIpc) is 3.59. The van der Waals surface area contributed by atoms with Crippen molar-refractivity contribution in [3.05, 3.63) is 104 Å². The van der Waals surface area contributed by atoms with Crippen LogP contribution in [0.3, 0.4) is 0 Å². The Bertz CT molecular complexity index is 1720. The van der Waals surface area contributed by atoms with Crippen molar-refractivity contribution >= 4 is 95.0 Å². The molecule has 0 bridgehead atoms. The van der Waals surface area contributed by atoms with E-state index >= 15 is 0 Å². The monoisotopic (exact) mass is 630 g/mol.